The van der Waals surface area contributed by atoms with Crippen LogP contribution in [0.2, 0.25) is 0 Å². The maximum absolute atomic E-state index is 12.1. The molecule has 0 aliphatic rings. The number of halogens is 2. The lowest BCUT2D eigenvalue weighted by molar-refractivity contribution is 0.271. The van der Waals surface area contributed by atoms with E-state index in [1.54, 1.807) is 30.3 Å². The summed E-state index contributed by atoms with van der Waals surface area (Å²) in [6.45, 7) is -0.437. The van der Waals surface area contributed by atoms with Crippen molar-refractivity contribution in [1.29, 1.82) is 0 Å². The summed E-state index contributed by atoms with van der Waals surface area (Å²) in [4.78, 5) is 0. The molecule has 0 aliphatic heterocycles. The molecule has 0 saturated carbocycles. The van der Waals surface area contributed by atoms with Crippen LogP contribution in [0.4, 0.5) is 4.39 Å². The molecule has 0 atom stereocenters. The summed E-state index contributed by atoms with van der Waals surface area (Å²) < 4.78 is 18.2. The van der Waals surface area contributed by atoms with Gasteiger partial charge in [0.15, 0.2) is 0 Å². The van der Waals surface area contributed by atoms with E-state index in [0.29, 0.717) is 5.75 Å². The van der Waals surface area contributed by atoms with Gasteiger partial charge in [-0.05, 0) is 65.1 Å². The van der Waals surface area contributed by atoms with Gasteiger partial charge in [-0.3, -0.25) is 0 Å². The van der Waals surface area contributed by atoms with E-state index in [4.69, 9.17) is 4.74 Å². The Morgan fingerprint density at radius 1 is 1.05 bits per heavy atom. The Bertz CT molecular complexity index is 642. The van der Waals surface area contributed by atoms with E-state index in [1.807, 2.05) is 12.1 Å². The monoisotopic (exact) mass is 382 g/mol. The Kier molecular flexibility index (Phi) is 5.24. The molecule has 0 bridgehead atoms. The first-order valence-corrected chi connectivity index (χ1v) is 7.06. The van der Waals surface area contributed by atoms with Crippen LogP contribution in [0.5, 0.6) is 11.5 Å². The van der Waals surface area contributed by atoms with E-state index in [2.05, 4.69) is 34.4 Å². The summed E-state index contributed by atoms with van der Waals surface area (Å²) in [5.41, 5.74) is 1.69. The van der Waals surface area contributed by atoms with Gasteiger partial charge in [-0.25, -0.2) is 4.39 Å². The van der Waals surface area contributed by atoms with Gasteiger partial charge < -0.3 is 9.84 Å². The lowest BCUT2D eigenvalue weighted by Gasteiger charge is -2.05. The van der Waals surface area contributed by atoms with Crippen LogP contribution < -0.4 is 4.74 Å². The van der Waals surface area contributed by atoms with Crippen molar-refractivity contribution in [3.8, 4) is 23.3 Å². The molecule has 2 aromatic rings. The van der Waals surface area contributed by atoms with Gasteiger partial charge in [-0.2, -0.15) is 0 Å². The van der Waals surface area contributed by atoms with Crippen LogP contribution in [0, 0.1) is 15.4 Å². The highest BCUT2D eigenvalue weighted by atomic mass is 127. The van der Waals surface area contributed by atoms with E-state index in [1.165, 1.54) is 0 Å². The maximum atomic E-state index is 12.1. The van der Waals surface area contributed by atoms with Gasteiger partial charge >= 0.3 is 0 Å². The molecule has 0 radical (unpaired) electrons. The van der Waals surface area contributed by atoms with Crippen molar-refractivity contribution in [2.24, 2.45) is 0 Å². The Balaban J connectivity index is 2.14. The average molecular weight is 382 g/mol. The zero-order valence-electron chi connectivity index (χ0n) is 10.6. The second-order valence-electron chi connectivity index (χ2n) is 3.98. The molecule has 0 aliphatic carbocycles. The number of benzene rings is 2. The number of alkyl halides is 1. The fourth-order valence-corrected chi connectivity index (χ4v) is 2.20. The third-order valence-corrected chi connectivity index (χ3v) is 3.33. The lowest BCUT2D eigenvalue weighted by Crippen LogP contribution is -2.00. The smallest absolute Gasteiger partial charge is 0.132 e. The van der Waals surface area contributed by atoms with Crippen molar-refractivity contribution < 1.29 is 14.2 Å². The van der Waals surface area contributed by atoms with Crippen LogP contribution in [0.3, 0.4) is 0 Å². The Labute approximate surface area is 130 Å². The predicted molar refractivity (Wildman–Crippen MR) is 84.7 cm³/mol. The molecular weight excluding hydrogens is 370 g/mol. The predicted octanol–water partition coefficient (Wildman–Crippen LogP) is 3.74. The fraction of sp³-hybridized carbons (Fsp3) is 0.125. The topological polar surface area (TPSA) is 29.5 Å². The second kappa shape index (κ2) is 7.15. The van der Waals surface area contributed by atoms with Crippen molar-refractivity contribution in [2.45, 2.75) is 0 Å². The molecule has 20 heavy (non-hydrogen) atoms. The van der Waals surface area contributed by atoms with E-state index in [9.17, 15) is 9.50 Å². The van der Waals surface area contributed by atoms with Crippen molar-refractivity contribution in [2.75, 3.05) is 13.3 Å². The molecular formula is C16H12FIO2. The minimum Gasteiger partial charge on any atom is -0.508 e. The summed E-state index contributed by atoms with van der Waals surface area (Å²) >= 11 is 2.14. The standard InChI is InChI=1S/C16H12FIO2/c17-9-10-20-16-8-5-13(11-15(16)18)2-1-12-3-6-14(19)7-4-12/h3-8,11,19H,9-10H2. The Morgan fingerprint density at radius 2 is 1.70 bits per heavy atom. The number of hydrogen-bond donors (Lipinski definition) is 1. The third kappa shape index (κ3) is 4.14. The minimum absolute atomic E-state index is 0.0640. The third-order valence-electron chi connectivity index (χ3n) is 2.49. The first-order chi connectivity index (χ1) is 9.69. The fourth-order valence-electron chi connectivity index (χ4n) is 1.53. The van der Waals surface area contributed by atoms with E-state index >= 15 is 0 Å². The molecule has 0 saturated heterocycles. The van der Waals surface area contributed by atoms with Gasteiger partial charge in [0.25, 0.3) is 0 Å². The van der Waals surface area contributed by atoms with Crippen LogP contribution in [-0.2, 0) is 0 Å². The molecule has 2 rings (SSSR count). The van der Waals surface area contributed by atoms with Crippen molar-refractivity contribution in [3.05, 3.63) is 57.2 Å². The van der Waals surface area contributed by atoms with Gasteiger partial charge in [-0.15, -0.1) is 0 Å². The van der Waals surface area contributed by atoms with Crippen LogP contribution in [0.25, 0.3) is 0 Å². The summed E-state index contributed by atoms with van der Waals surface area (Å²) in [6.07, 6.45) is 0. The van der Waals surface area contributed by atoms with E-state index in [0.717, 1.165) is 14.7 Å². The highest BCUT2D eigenvalue weighted by Gasteiger charge is 2.01. The van der Waals surface area contributed by atoms with Crippen LogP contribution >= 0.6 is 22.6 Å². The molecule has 0 unspecified atom stereocenters. The minimum atomic E-state index is -0.501. The van der Waals surface area contributed by atoms with E-state index in [-0.39, 0.29) is 12.4 Å². The summed E-state index contributed by atoms with van der Waals surface area (Å²) in [7, 11) is 0. The van der Waals surface area contributed by atoms with Crippen LogP contribution in [0.1, 0.15) is 11.1 Å². The first kappa shape index (κ1) is 14.7. The zero-order valence-corrected chi connectivity index (χ0v) is 12.7. The van der Waals surface area contributed by atoms with Crippen molar-refractivity contribution in [1.82, 2.24) is 0 Å². The molecule has 0 aromatic heterocycles. The number of ether oxygens (including phenoxy) is 1. The largest absolute Gasteiger partial charge is 0.508 e. The molecule has 0 heterocycles. The normalized spacial score (nSPS) is 9.70. The molecule has 0 fully saturated rings. The zero-order chi connectivity index (χ0) is 14.4. The highest BCUT2D eigenvalue weighted by Crippen LogP contribution is 2.21. The molecule has 102 valence electrons. The molecule has 0 amide bonds. The van der Waals surface area contributed by atoms with E-state index < -0.39 is 6.67 Å². The van der Waals surface area contributed by atoms with Gasteiger partial charge in [-0.1, -0.05) is 11.8 Å². The van der Waals surface area contributed by atoms with Gasteiger partial charge in [0.2, 0.25) is 0 Å². The van der Waals surface area contributed by atoms with Gasteiger partial charge in [0.1, 0.15) is 24.8 Å². The van der Waals surface area contributed by atoms with Crippen molar-refractivity contribution >= 4 is 22.6 Å². The molecule has 0 spiro atoms. The maximum Gasteiger partial charge on any atom is 0.132 e. The number of phenols is 1. The number of hydrogen-bond acceptors (Lipinski definition) is 2. The first-order valence-electron chi connectivity index (χ1n) is 5.98. The van der Waals surface area contributed by atoms with Gasteiger partial charge in [0.05, 0.1) is 3.57 Å². The molecule has 2 nitrogen and oxygen atoms in total. The molecule has 1 N–H and O–H groups in total. The molecule has 2 aromatic carbocycles. The van der Waals surface area contributed by atoms with Crippen LogP contribution in [-0.4, -0.2) is 18.4 Å². The summed E-state index contributed by atoms with van der Waals surface area (Å²) in [5, 5.41) is 9.19. The number of rotatable bonds is 3. The number of phenolic OH excluding ortho intramolecular Hbond substituents is 1. The lowest BCUT2D eigenvalue weighted by atomic mass is 10.2. The Hall–Kier alpha value is -1.74. The second-order valence-corrected chi connectivity index (χ2v) is 5.14. The SMILES string of the molecule is Oc1ccc(C#Cc2ccc(OCCF)c(I)c2)cc1. The van der Waals surface area contributed by atoms with Crippen molar-refractivity contribution in [3.63, 3.8) is 0 Å². The molecule has 4 heteroatoms. The van der Waals surface area contributed by atoms with Gasteiger partial charge in [0, 0.05) is 11.1 Å². The summed E-state index contributed by atoms with van der Waals surface area (Å²) in [6, 6.07) is 12.2. The Morgan fingerprint density at radius 3 is 2.35 bits per heavy atom. The summed E-state index contributed by atoms with van der Waals surface area (Å²) in [5.74, 6) is 6.94. The van der Waals surface area contributed by atoms with Crippen LogP contribution in [0.15, 0.2) is 42.5 Å². The quantitative estimate of drug-likeness (QED) is 0.648. The highest BCUT2D eigenvalue weighted by molar-refractivity contribution is 14.1. The average Bonchev–Trinajstić information content (AvgIpc) is 2.46. The number of aromatic hydroxyl groups is 1.